The van der Waals surface area contributed by atoms with Gasteiger partial charge in [0.15, 0.2) is 11.6 Å². The van der Waals surface area contributed by atoms with E-state index in [9.17, 15) is 17.2 Å². The van der Waals surface area contributed by atoms with E-state index in [1.807, 2.05) is 18.5 Å². The second-order valence-electron chi connectivity index (χ2n) is 8.06. The van der Waals surface area contributed by atoms with E-state index in [-0.39, 0.29) is 17.5 Å². The highest BCUT2D eigenvalue weighted by Crippen LogP contribution is 2.30. The number of benzene rings is 1. The molecule has 9 heteroatoms. The molecule has 2 aliphatic heterocycles. The minimum absolute atomic E-state index is 0.0991. The van der Waals surface area contributed by atoms with Gasteiger partial charge in [-0.1, -0.05) is 0 Å². The van der Waals surface area contributed by atoms with E-state index in [2.05, 4.69) is 4.90 Å². The van der Waals surface area contributed by atoms with E-state index in [1.54, 1.807) is 0 Å². The number of nitrogens with zero attached hydrogens (tertiary/aromatic N) is 4. The van der Waals surface area contributed by atoms with Gasteiger partial charge in [0, 0.05) is 24.7 Å². The van der Waals surface area contributed by atoms with E-state index < -0.39 is 21.7 Å². The minimum atomic E-state index is -3.92. The van der Waals surface area contributed by atoms with Crippen LogP contribution in [0.25, 0.3) is 0 Å². The maximum Gasteiger partial charge on any atom is 0.243 e. The summed E-state index contributed by atoms with van der Waals surface area (Å²) in [5.74, 6) is -2.22. The molecule has 0 bridgehead atoms. The lowest BCUT2D eigenvalue weighted by molar-refractivity contribution is 0.323. The Morgan fingerprint density at radius 2 is 1.83 bits per heavy atom. The van der Waals surface area contributed by atoms with Crippen LogP contribution in [0.5, 0.6) is 0 Å². The zero-order valence-electron chi connectivity index (χ0n) is 16.7. The molecule has 1 fully saturated rings. The smallest absolute Gasteiger partial charge is 0.243 e. The van der Waals surface area contributed by atoms with E-state index in [4.69, 9.17) is 5.10 Å². The summed E-state index contributed by atoms with van der Waals surface area (Å²) in [5, 5.41) is 4.81. The molecule has 1 aromatic heterocycles. The fourth-order valence-electron chi connectivity index (χ4n) is 4.19. The summed E-state index contributed by atoms with van der Waals surface area (Å²) in [7, 11) is -3.92. The van der Waals surface area contributed by atoms with E-state index >= 15 is 0 Å². The first-order valence-corrected chi connectivity index (χ1v) is 11.5. The van der Waals surface area contributed by atoms with Crippen molar-refractivity contribution < 1.29 is 17.2 Å². The molecule has 2 aliphatic rings. The molecule has 0 saturated carbocycles. The second-order valence-corrected chi connectivity index (χ2v) is 10.00. The molecule has 1 aromatic carbocycles. The van der Waals surface area contributed by atoms with Crippen molar-refractivity contribution in [2.24, 2.45) is 0 Å². The van der Waals surface area contributed by atoms with Gasteiger partial charge in [-0.15, -0.1) is 0 Å². The molecule has 1 saturated heterocycles. The average molecular weight is 425 g/mol. The summed E-state index contributed by atoms with van der Waals surface area (Å²) in [6.07, 6.45) is 2.97. The van der Waals surface area contributed by atoms with Crippen LogP contribution in [0.15, 0.2) is 23.1 Å². The second kappa shape index (κ2) is 7.77. The zero-order chi connectivity index (χ0) is 20.8. The Morgan fingerprint density at radius 3 is 2.48 bits per heavy atom. The van der Waals surface area contributed by atoms with Gasteiger partial charge in [0.2, 0.25) is 10.0 Å². The van der Waals surface area contributed by atoms with Crippen molar-refractivity contribution in [3.63, 3.8) is 0 Å². The summed E-state index contributed by atoms with van der Waals surface area (Å²) in [6, 6.07) is 2.81. The van der Waals surface area contributed by atoms with Crippen LogP contribution in [0, 0.1) is 11.6 Å². The van der Waals surface area contributed by atoms with E-state index in [1.165, 1.54) is 17.1 Å². The minimum Gasteiger partial charge on any atom is -0.297 e. The maximum absolute atomic E-state index is 13.6. The number of fused-ring (bicyclic) bond motifs is 1. The molecule has 3 heterocycles. The van der Waals surface area contributed by atoms with Gasteiger partial charge in [-0.3, -0.25) is 9.58 Å². The Labute approximate surface area is 170 Å². The fourth-order valence-corrected chi connectivity index (χ4v) is 5.61. The predicted octanol–water partition coefficient (Wildman–Crippen LogP) is 3.09. The van der Waals surface area contributed by atoms with Gasteiger partial charge < -0.3 is 0 Å². The molecule has 0 atom stereocenters. The molecule has 0 aliphatic carbocycles. The van der Waals surface area contributed by atoms with Crippen molar-refractivity contribution in [3.8, 4) is 0 Å². The molecule has 6 nitrogen and oxygen atoms in total. The van der Waals surface area contributed by atoms with Crippen LogP contribution in [0.3, 0.4) is 0 Å². The number of sulfonamides is 1. The average Bonchev–Trinajstić information content (AvgIpc) is 3.32. The molecular formula is C20H26F2N4O2S. The van der Waals surface area contributed by atoms with Crippen molar-refractivity contribution in [3.05, 3.63) is 46.8 Å². The maximum atomic E-state index is 13.6. The Morgan fingerprint density at radius 1 is 1.10 bits per heavy atom. The first kappa shape index (κ1) is 20.4. The van der Waals surface area contributed by atoms with Crippen LogP contribution in [0.2, 0.25) is 0 Å². The highest BCUT2D eigenvalue weighted by atomic mass is 32.2. The molecule has 2 aromatic rings. The van der Waals surface area contributed by atoms with Crippen molar-refractivity contribution in [2.45, 2.75) is 57.1 Å². The largest absolute Gasteiger partial charge is 0.297 e. The summed E-state index contributed by atoms with van der Waals surface area (Å²) in [4.78, 5) is 2.16. The number of hydrogen-bond donors (Lipinski definition) is 0. The van der Waals surface area contributed by atoms with Gasteiger partial charge in [-0.2, -0.15) is 9.40 Å². The van der Waals surface area contributed by atoms with Crippen LogP contribution in [0.1, 0.15) is 49.7 Å². The predicted molar refractivity (Wildman–Crippen MR) is 105 cm³/mol. The lowest BCUT2D eigenvalue weighted by atomic mass is 10.1. The standard InChI is InChI=1S/C20H26F2N4O2S/c1-14(2)26-20-13-25(29(27,28)15-5-6-17(21)18(22)11-15)10-7-16(20)19(23-26)12-24-8-3-4-9-24/h5-6,11,14H,3-4,7-10,12-13H2,1-2H3. The lowest BCUT2D eigenvalue weighted by Gasteiger charge is -2.28. The monoisotopic (exact) mass is 424 g/mol. The van der Waals surface area contributed by atoms with Crippen molar-refractivity contribution in [1.29, 1.82) is 0 Å². The number of hydrogen-bond acceptors (Lipinski definition) is 4. The van der Waals surface area contributed by atoms with E-state index in [0.717, 1.165) is 54.8 Å². The van der Waals surface area contributed by atoms with Gasteiger partial charge in [0.25, 0.3) is 0 Å². The van der Waals surface area contributed by atoms with E-state index in [0.29, 0.717) is 13.0 Å². The summed E-state index contributed by atoms with van der Waals surface area (Å²) >= 11 is 0. The molecular weight excluding hydrogens is 398 g/mol. The van der Waals surface area contributed by atoms with Crippen LogP contribution < -0.4 is 0 Å². The number of aromatic nitrogens is 2. The molecule has 0 radical (unpaired) electrons. The molecule has 0 amide bonds. The van der Waals surface area contributed by atoms with Crippen molar-refractivity contribution >= 4 is 10.0 Å². The summed E-state index contributed by atoms with van der Waals surface area (Å²) in [5.41, 5.74) is 3.05. The molecule has 158 valence electrons. The fraction of sp³-hybridized carbons (Fsp3) is 0.550. The normalized spacial score (nSPS) is 18.5. The zero-order valence-corrected chi connectivity index (χ0v) is 17.6. The Kier molecular flexibility index (Phi) is 5.48. The first-order valence-electron chi connectivity index (χ1n) is 10.0. The van der Waals surface area contributed by atoms with Gasteiger partial charge >= 0.3 is 0 Å². The Bertz CT molecular complexity index is 1010. The van der Waals surface area contributed by atoms with Crippen LogP contribution in [-0.2, 0) is 29.5 Å². The quantitative estimate of drug-likeness (QED) is 0.740. The van der Waals surface area contributed by atoms with Crippen molar-refractivity contribution in [1.82, 2.24) is 19.0 Å². The van der Waals surface area contributed by atoms with Gasteiger partial charge in [0.1, 0.15) is 0 Å². The molecule has 0 spiro atoms. The topological polar surface area (TPSA) is 58.4 Å². The van der Waals surface area contributed by atoms with Crippen LogP contribution in [-0.4, -0.2) is 47.0 Å². The van der Waals surface area contributed by atoms with Gasteiger partial charge in [0.05, 0.1) is 22.8 Å². The van der Waals surface area contributed by atoms with Crippen molar-refractivity contribution in [2.75, 3.05) is 19.6 Å². The first-order chi connectivity index (χ1) is 13.8. The highest BCUT2D eigenvalue weighted by molar-refractivity contribution is 7.89. The third-order valence-electron chi connectivity index (χ3n) is 5.73. The number of halogens is 2. The van der Waals surface area contributed by atoms with Gasteiger partial charge in [-0.25, -0.2) is 17.2 Å². The van der Waals surface area contributed by atoms with Gasteiger partial charge in [-0.05, 0) is 64.4 Å². The van der Waals surface area contributed by atoms with Crippen LogP contribution in [0.4, 0.5) is 8.78 Å². The Hall–Kier alpha value is -1.84. The number of rotatable bonds is 5. The molecule has 29 heavy (non-hydrogen) atoms. The third-order valence-corrected chi connectivity index (χ3v) is 7.57. The number of likely N-dealkylation sites (tertiary alicyclic amines) is 1. The molecule has 4 rings (SSSR count). The lowest BCUT2D eigenvalue weighted by Crippen LogP contribution is -2.37. The summed E-state index contributed by atoms with van der Waals surface area (Å²) < 4.78 is 56.1. The Balaban J connectivity index is 1.64. The third kappa shape index (κ3) is 3.83. The summed E-state index contributed by atoms with van der Waals surface area (Å²) in [6.45, 7) is 7.45. The molecule has 0 N–H and O–H groups in total. The SMILES string of the molecule is CC(C)n1nc(CN2CCCC2)c2c1CN(S(=O)(=O)c1ccc(F)c(F)c1)CC2. The van der Waals surface area contributed by atoms with Crippen LogP contribution >= 0.6 is 0 Å². The molecule has 0 unspecified atom stereocenters. The highest BCUT2D eigenvalue weighted by Gasteiger charge is 2.33.